The molecule has 2 aromatic heterocycles. The number of anilines is 1. The van der Waals surface area contributed by atoms with Crippen LogP contribution in [0.3, 0.4) is 0 Å². The lowest BCUT2D eigenvalue weighted by Gasteiger charge is -2.03. The van der Waals surface area contributed by atoms with E-state index in [0.29, 0.717) is 5.82 Å². The highest BCUT2D eigenvalue weighted by atomic mass is 15.4. The van der Waals surface area contributed by atoms with Crippen LogP contribution in [0.1, 0.15) is 11.4 Å². The Labute approximate surface area is 80.8 Å². The second-order valence-electron chi connectivity index (χ2n) is 2.97. The minimum absolute atomic E-state index is 0.229. The molecule has 0 spiro atoms. The highest BCUT2D eigenvalue weighted by molar-refractivity contribution is 5.28. The Kier molecular flexibility index (Phi) is 1.88. The van der Waals surface area contributed by atoms with Crippen LogP contribution in [0.15, 0.2) is 12.5 Å². The summed E-state index contributed by atoms with van der Waals surface area (Å²) in [6.45, 7) is 3.73. The lowest BCUT2D eigenvalue weighted by molar-refractivity contribution is 0.817. The molecule has 0 radical (unpaired) electrons. The van der Waals surface area contributed by atoms with Gasteiger partial charge in [-0.3, -0.25) is 4.98 Å². The zero-order valence-electron chi connectivity index (χ0n) is 7.97. The summed E-state index contributed by atoms with van der Waals surface area (Å²) in [6.07, 6.45) is 3.23. The standard InChI is InChI=1S/C8H10N6/c1-5-3-10-6(2)7(12-5)14-4-11-8(9)13-14/h3-4H,1-2H3,(H2,9,13). The predicted molar refractivity (Wildman–Crippen MR) is 50.8 cm³/mol. The Bertz CT molecular complexity index is 461. The van der Waals surface area contributed by atoms with Crippen LogP contribution in [0.4, 0.5) is 5.95 Å². The second kappa shape index (κ2) is 3.06. The minimum atomic E-state index is 0.229. The third kappa shape index (κ3) is 1.41. The monoisotopic (exact) mass is 190 g/mol. The zero-order valence-corrected chi connectivity index (χ0v) is 7.97. The summed E-state index contributed by atoms with van der Waals surface area (Å²) in [5.74, 6) is 0.891. The third-order valence-corrected chi connectivity index (χ3v) is 1.78. The van der Waals surface area contributed by atoms with E-state index in [2.05, 4.69) is 20.1 Å². The van der Waals surface area contributed by atoms with Gasteiger partial charge in [0.25, 0.3) is 0 Å². The molecule has 0 aromatic carbocycles. The molecule has 72 valence electrons. The Hall–Kier alpha value is -1.98. The summed E-state index contributed by atoms with van der Waals surface area (Å²) >= 11 is 0. The lowest BCUT2D eigenvalue weighted by atomic mass is 10.4. The summed E-state index contributed by atoms with van der Waals surface area (Å²) in [7, 11) is 0. The van der Waals surface area contributed by atoms with Gasteiger partial charge in [0.15, 0.2) is 5.82 Å². The van der Waals surface area contributed by atoms with E-state index < -0.39 is 0 Å². The van der Waals surface area contributed by atoms with Crippen molar-refractivity contribution in [2.75, 3.05) is 5.73 Å². The first-order valence-corrected chi connectivity index (χ1v) is 4.14. The maximum absolute atomic E-state index is 5.41. The van der Waals surface area contributed by atoms with E-state index in [1.165, 1.54) is 11.0 Å². The number of nitrogens with zero attached hydrogens (tertiary/aromatic N) is 5. The van der Waals surface area contributed by atoms with Crippen LogP contribution in [0, 0.1) is 13.8 Å². The van der Waals surface area contributed by atoms with Crippen LogP contribution in [0.25, 0.3) is 5.82 Å². The summed E-state index contributed by atoms with van der Waals surface area (Å²) in [6, 6.07) is 0. The number of nitrogen functional groups attached to an aromatic ring is 1. The van der Waals surface area contributed by atoms with Gasteiger partial charge in [0.05, 0.1) is 11.4 Å². The molecule has 0 amide bonds. The first kappa shape index (κ1) is 8.61. The van der Waals surface area contributed by atoms with Gasteiger partial charge in [-0.25, -0.2) is 9.97 Å². The maximum atomic E-state index is 5.41. The molecule has 6 heteroatoms. The van der Waals surface area contributed by atoms with Gasteiger partial charge >= 0.3 is 0 Å². The number of hydrogen-bond acceptors (Lipinski definition) is 5. The Morgan fingerprint density at radius 2 is 2.07 bits per heavy atom. The van der Waals surface area contributed by atoms with Crippen molar-refractivity contribution in [2.45, 2.75) is 13.8 Å². The van der Waals surface area contributed by atoms with Gasteiger partial charge in [-0.05, 0) is 13.8 Å². The number of aromatic nitrogens is 5. The first-order valence-electron chi connectivity index (χ1n) is 4.14. The molecule has 2 heterocycles. The predicted octanol–water partition coefficient (Wildman–Crippen LogP) is 0.256. The number of rotatable bonds is 1. The average molecular weight is 190 g/mol. The lowest BCUT2D eigenvalue weighted by Crippen LogP contribution is -2.04. The second-order valence-corrected chi connectivity index (χ2v) is 2.97. The van der Waals surface area contributed by atoms with Crippen molar-refractivity contribution in [3.05, 3.63) is 23.9 Å². The van der Waals surface area contributed by atoms with Crippen LogP contribution in [0.2, 0.25) is 0 Å². The zero-order chi connectivity index (χ0) is 10.1. The molecule has 0 fully saturated rings. The quantitative estimate of drug-likeness (QED) is 0.697. The highest BCUT2D eigenvalue weighted by Crippen LogP contribution is 2.07. The topological polar surface area (TPSA) is 82.5 Å². The molecule has 0 saturated carbocycles. The van der Waals surface area contributed by atoms with E-state index in [1.54, 1.807) is 6.20 Å². The number of nitrogens with two attached hydrogens (primary N) is 1. The number of aryl methyl sites for hydroxylation is 2. The molecule has 0 aliphatic heterocycles. The summed E-state index contributed by atoms with van der Waals surface area (Å²) in [5, 5.41) is 3.96. The highest BCUT2D eigenvalue weighted by Gasteiger charge is 2.06. The molecule has 6 nitrogen and oxygen atoms in total. The summed E-state index contributed by atoms with van der Waals surface area (Å²) < 4.78 is 1.52. The largest absolute Gasteiger partial charge is 0.366 e. The van der Waals surface area contributed by atoms with Gasteiger partial charge in [-0.1, -0.05) is 0 Å². The summed E-state index contributed by atoms with van der Waals surface area (Å²) in [4.78, 5) is 12.3. The average Bonchev–Trinajstić information content (AvgIpc) is 2.56. The van der Waals surface area contributed by atoms with Gasteiger partial charge in [-0.2, -0.15) is 4.68 Å². The molecule has 2 rings (SSSR count). The van der Waals surface area contributed by atoms with Gasteiger partial charge in [0.1, 0.15) is 6.33 Å². The molecule has 0 atom stereocenters. The Morgan fingerprint density at radius 1 is 1.29 bits per heavy atom. The third-order valence-electron chi connectivity index (χ3n) is 1.78. The summed E-state index contributed by atoms with van der Waals surface area (Å²) in [5.41, 5.74) is 7.04. The van der Waals surface area contributed by atoms with Crippen molar-refractivity contribution in [1.29, 1.82) is 0 Å². The number of hydrogen-bond donors (Lipinski definition) is 1. The molecular weight excluding hydrogens is 180 g/mol. The molecule has 2 N–H and O–H groups in total. The molecular formula is C8H10N6. The molecule has 14 heavy (non-hydrogen) atoms. The molecule has 0 unspecified atom stereocenters. The van der Waals surface area contributed by atoms with Crippen molar-refractivity contribution < 1.29 is 0 Å². The van der Waals surface area contributed by atoms with Crippen LogP contribution < -0.4 is 5.73 Å². The van der Waals surface area contributed by atoms with Gasteiger partial charge in [0.2, 0.25) is 5.95 Å². The van der Waals surface area contributed by atoms with Gasteiger partial charge < -0.3 is 5.73 Å². The smallest absolute Gasteiger partial charge is 0.239 e. The van der Waals surface area contributed by atoms with Crippen LogP contribution in [0.5, 0.6) is 0 Å². The van der Waals surface area contributed by atoms with Crippen molar-refractivity contribution in [3.63, 3.8) is 0 Å². The van der Waals surface area contributed by atoms with E-state index in [0.717, 1.165) is 11.4 Å². The van der Waals surface area contributed by atoms with Gasteiger partial charge in [-0.15, -0.1) is 5.10 Å². The van der Waals surface area contributed by atoms with Crippen LogP contribution in [-0.2, 0) is 0 Å². The molecule has 0 saturated heterocycles. The van der Waals surface area contributed by atoms with Crippen molar-refractivity contribution in [2.24, 2.45) is 0 Å². The first-order chi connectivity index (χ1) is 6.66. The van der Waals surface area contributed by atoms with Crippen molar-refractivity contribution >= 4 is 5.95 Å². The molecule has 2 aromatic rings. The Morgan fingerprint density at radius 3 is 2.71 bits per heavy atom. The molecule has 0 aliphatic carbocycles. The van der Waals surface area contributed by atoms with E-state index in [4.69, 9.17) is 5.73 Å². The maximum Gasteiger partial charge on any atom is 0.239 e. The van der Waals surface area contributed by atoms with Crippen LogP contribution >= 0.6 is 0 Å². The fourth-order valence-corrected chi connectivity index (χ4v) is 1.12. The van der Waals surface area contributed by atoms with E-state index in [9.17, 15) is 0 Å². The van der Waals surface area contributed by atoms with E-state index in [-0.39, 0.29) is 5.95 Å². The SMILES string of the molecule is Cc1cnc(C)c(-n2cnc(N)n2)n1. The van der Waals surface area contributed by atoms with Crippen molar-refractivity contribution in [1.82, 2.24) is 24.7 Å². The Balaban J connectivity index is 2.55. The minimum Gasteiger partial charge on any atom is -0.366 e. The van der Waals surface area contributed by atoms with Crippen molar-refractivity contribution in [3.8, 4) is 5.82 Å². The van der Waals surface area contributed by atoms with E-state index in [1.807, 2.05) is 13.8 Å². The van der Waals surface area contributed by atoms with Gasteiger partial charge in [0, 0.05) is 6.20 Å². The fourth-order valence-electron chi connectivity index (χ4n) is 1.12. The molecule has 0 aliphatic rings. The van der Waals surface area contributed by atoms with E-state index >= 15 is 0 Å². The molecule has 0 bridgehead atoms. The fraction of sp³-hybridized carbons (Fsp3) is 0.250. The normalized spacial score (nSPS) is 10.4. The van der Waals surface area contributed by atoms with Crippen LogP contribution in [-0.4, -0.2) is 24.7 Å².